The third-order valence-corrected chi connectivity index (χ3v) is 7.10. The highest BCUT2D eigenvalue weighted by molar-refractivity contribution is 6.37. The van der Waals surface area contributed by atoms with Crippen LogP contribution in [0.3, 0.4) is 0 Å². The fourth-order valence-corrected chi connectivity index (χ4v) is 5.34. The molecule has 0 bridgehead atoms. The summed E-state index contributed by atoms with van der Waals surface area (Å²) in [5, 5.41) is 2.11. The van der Waals surface area contributed by atoms with Crippen LogP contribution in [0, 0.1) is 5.92 Å². The molecular formula is C29H20Cl4O3. The molecule has 7 heteroatoms. The van der Waals surface area contributed by atoms with Gasteiger partial charge in [-0.25, -0.2) is 0 Å². The molecule has 0 unspecified atom stereocenters. The van der Waals surface area contributed by atoms with Crippen LogP contribution >= 0.6 is 46.4 Å². The van der Waals surface area contributed by atoms with Gasteiger partial charge in [0.05, 0.1) is 10.0 Å². The highest BCUT2D eigenvalue weighted by Gasteiger charge is 2.26. The molecule has 3 nitrogen and oxygen atoms in total. The van der Waals surface area contributed by atoms with E-state index in [1.54, 1.807) is 36.4 Å². The molecule has 5 rings (SSSR count). The van der Waals surface area contributed by atoms with Crippen LogP contribution in [0.25, 0.3) is 34.8 Å². The molecule has 0 aliphatic heterocycles. The normalized spacial score (nSPS) is 18.4. The van der Waals surface area contributed by atoms with Gasteiger partial charge in [0.2, 0.25) is 0 Å². The van der Waals surface area contributed by atoms with E-state index in [1.807, 2.05) is 36.4 Å². The van der Waals surface area contributed by atoms with Crippen LogP contribution < -0.4 is 0 Å². The zero-order chi connectivity index (χ0) is 25.4. The highest BCUT2D eigenvalue weighted by atomic mass is 35.5. The number of carbonyl (C=O) groups excluding carboxylic acids is 1. The Morgan fingerprint density at radius 3 is 1.56 bits per heavy atom. The van der Waals surface area contributed by atoms with Crippen LogP contribution in [0.5, 0.6) is 0 Å². The molecule has 2 aromatic heterocycles. The minimum Gasteiger partial charge on any atom is -0.457 e. The molecule has 36 heavy (non-hydrogen) atoms. The number of hydrogen-bond acceptors (Lipinski definition) is 3. The van der Waals surface area contributed by atoms with Crippen LogP contribution in [0.4, 0.5) is 0 Å². The Kier molecular flexibility index (Phi) is 7.18. The summed E-state index contributed by atoms with van der Waals surface area (Å²) in [6.07, 6.45) is 4.94. The van der Waals surface area contributed by atoms with Crippen LogP contribution in [-0.2, 0) is 4.79 Å². The third kappa shape index (κ3) is 5.35. The molecule has 182 valence electrons. The van der Waals surface area contributed by atoms with Gasteiger partial charge in [0.1, 0.15) is 23.0 Å². The van der Waals surface area contributed by atoms with Crippen LogP contribution in [-0.4, -0.2) is 5.78 Å². The summed E-state index contributed by atoms with van der Waals surface area (Å²) in [6, 6.07) is 17.8. The van der Waals surface area contributed by atoms with Crippen LogP contribution in [0.1, 0.15) is 31.3 Å². The van der Waals surface area contributed by atoms with E-state index < -0.39 is 0 Å². The lowest BCUT2D eigenvalue weighted by molar-refractivity contribution is -0.113. The zero-order valence-corrected chi connectivity index (χ0v) is 22.2. The quantitative estimate of drug-likeness (QED) is 0.234. The predicted octanol–water partition coefficient (Wildman–Crippen LogP) is 10.3. The molecule has 0 N–H and O–H groups in total. The van der Waals surface area contributed by atoms with Crippen molar-refractivity contribution in [3.05, 3.63) is 103 Å². The van der Waals surface area contributed by atoms with Gasteiger partial charge >= 0.3 is 0 Å². The second-order valence-corrected chi connectivity index (χ2v) is 10.5. The van der Waals surface area contributed by atoms with Gasteiger partial charge in [-0.1, -0.05) is 53.3 Å². The third-order valence-electron chi connectivity index (χ3n) is 6.00. The number of carbonyl (C=O) groups is 1. The van der Waals surface area contributed by atoms with Crippen molar-refractivity contribution < 1.29 is 13.6 Å². The molecule has 1 fully saturated rings. The van der Waals surface area contributed by atoms with E-state index in [1.165, 1.54) is 0 Å². The summed E-state index contributed by atoms with van der Waals surface area (Å²) in [5.74, 6) is 2.67. The van der Waals surface area contributed by atoms with Crippen LogP contribution in [0.2, 0.25) is 20.1 Å². The summed E-state index contributed by atoms with van der Waals surface area (Å²) in [4.78, 5) is 13.3. The fraction of sp³-hybridized carbons (Fsp3) is 0.138. The number of Topliss-reactive ketones (excluding diaryl/α,β-unsaturated/α-hetero) is 1. The molecule has 0 amide bonds. The Labute approximate surface area is 228 Å². The zero-order valence-electron chi connectivity index (χ0n) is 19.2. The van der Waals surface area contributed by atoms with E-state index in [2.05, 4.69) is 6.92 Å². The van der Waals surface area contributed by atoms with Gasteiger partial charge < -0.3 is 8.83 Å². The number of hydrogen-bond donors (Lipinski definition) is 0. The Morgan fingerprint density at radius 2 is 1.14 bits per heavy atom. The van der Waals surface area contributed by atoms with Gasteiger partial charge in [0.15, 0.2) is 5.78 Å². The van der Waals surface area contributed by atoms with E-state index in [0.29, 0.717) is 73.0 Å². The van der Waals surface area contributed by atoms with E-state index in [-0.39, 0.29) is 5.78 Å². The van der Waals surface area contributed by atoms with Crippen molar-refractivity contribution in [1.82, 2.24) is 0 Å². The van der Waals surface area contributed by atoms with Crippen molar-refractivity contribution in [3.63, 3.8) is 0 Å². The van der Waals surface area contributed by atoms with Gasteiger partial charge in [-0.15, -0.1) is 0 Å². The lowest BCUT2D eigenvalue weighted by Crippen LogP contribution is -2.18. The Balaban J connectivity index is 1.40. The molecule has 1 saturated carbocycles. The molecule has 0 radical (unpaired) electrons. The van der Waals surface area contributed by atoms with Gasteiger partial charge in [-0.05, 0) is 91.6 Å². The standard InChI is InChI=1S/C29H20Cl4O3/c1-16-10-17(12-21-4-8-27(35-21)23-6-2-19(30)14-25(23)32)29(34)18(11-16)13-22-5-9-28(36-22)24-7-3-20(31)15-26(24)33/h2-9,12-16H,10-11H2,1H3/b17-12+,18-13+. The van der Waals surface area contributed by atoms with Gasteiger partial charge in [0, 0.05) is 32.3 Å². The number of allylic oxidation sites excluding steroid dienone is 2. The van der Waals surface area contributed by atoms with Crippen molar-refractivity contribution >= 4 is 64.3 Å². The molecule has 2 aromatic carbocycles. The lowest BCUT2D eigenvalue weighted by atomic mass is 9.81. The number of rotatable bonds is 4. The van der Waals surface area contributed by atoms with Crippen molar-refractivity contribution in [2.45, 2.75) is 19.8 Å². The Hall–Kier alpha value is -2.69. The summed E-state index contributed by atoms with van der Waals surface area (Å²) in [7, 11) is 0. The monoisotopic (exact) mass is 556 g/mol. The smallest absolute Gasteiger partial charge is 0.185 e. The minimum atomic E-state index is -0.0157. The molecule has 1 aliphatic carbocycles. The molecule has 0 spiro atoms. The SMILES string of the molecule is CC1C/C(=C\c2ccc(-c3ccc(Cl)cc3Cl)o2)C(=O)/C(=C/c2ccc(-c3ccc(Cl)cc3Cl)o2)C1. The maximum Gasteiger partial charge on any atom is 0.185 e. The molecule has 2 heterocycles. The number of benzene rings is 2. The van der Waals surface area contributed by atoms with Gasteiger partial charge in [0.25, 0.3) is 0 Å². The lowest BCUT2D eigenvalue weighted by Gasteiger charge is -2.22. The maximum absolute atomic E-state index is 13.3. The largest absolute Gasteiger partial charge is 0.457 e. The van der Waals surface area contributed by atoms with Gasteiger partial charge in [-0.3, -0.25) is 4.79 Å². The minimum absolute atomic E-state index is 0.0157. The second-order valence-electron chi connectivity index (χ2n) is 8.83. The molecule has 4 aromatic rings. The van der Waals surface area contributed by atoms with E-state index in [0.717, 1.165) is 11.1 Å². The summed E-state index contributed by atoms with van der Waals surface area (Å²) < 4.78 is 12.0. The highest BCUT2D eigenvalue weighted by Crippen LogP contribution is 2.36. The predicted molar refractivity (Wildman–Crippen MR) is 148 cm³/mol. The first-order valence-corrected chi connectivity index (χ1v) is 12.8. The summed E-state index contributed by atoms with van der Waals surface area (Å²) in [5.41, 5.74) is 2.86. The van der Waals surface area contributed by atoms with Crippen molar-refractivity contribution in [2.24, 2.45) is 5.92 Å². The summed E-state index contributed by atoms with van der Waals surface area (Å²) in [6.45, 7) is 2.12. The first-order chi connectivity index (χ1) is 17.3. The number of ketones is 1. The Bertz CT molecular complexity index is 1410. The topological polar surface area (TPSA) is 43.4 Å². The first-order valence-electron chi connectivity index (χ1n) is 11.3. The van der Waals surface area contributed by atoms with Crippen LogP contribution in [0.15, 0.2) is 80.6 Å². The fourth-order valence-electron chi connectivity index (χ4n) is 4.34. The average Bonchev–Trinajstić information content (AvgIpc) is 3.47. The van der Waals surface area contributed by atoms with E-state index >= 15 is 0 Å². The van der Waals surface area contributed by atoms with E-state index in [9.17, 15) is 4.79 Å². The molecular weight excluding hydrogens is 538 g/mol. The average molecular weight is 558 g/mol. The first kappa shape index (κ1) is 25.0. The number of halogens is 4. The number of furan rings is 2. The maximum atomic E-state index is 13.3. The second kappa shape index (κ2) is 10.4. The molecule has 1 aliphatic rings. The molecule has 0 atom stereocenters. The van der Waals surface area contributed by atoms with Crippen molar-refractivity contribution in [3.8, 4) is 22.6 Å². The van der Waals surface area contributed by atoms with Crippen molar-refractivity contribution in [1.29, 1.82) is 0 Å². The summed E-state index contributed by atoms with van der Waals surface area (Å²) >= 11 is 24.6. The van der Waals surface area contributed by atoms with Crippen molar-refractivity contribution in [2.75, 3.05) is 0 Å². The van der Waals surface area contributed by atoms with Gasteiger partial charge in [-0.2, -0.15) is 0 Å². The van der Waals surface area contributed by atoms with E-state index in [4.69, 9.17) is 55.2 Å². The molecule has 0 saturated heterocycles. The Morgan fingerprint density at radius 1 is 0.694 bits per heavy atom.